The molecule has 0 bridgehead atoms. The van der Waals surface area contributed by atoms with Gasteiger partial charge >= 0.3 is 0 Å². The van der Waals surface area contributed by atoms with Gasteiger partial charge in [0.15, 0.2) is 0 Å². The fourth-order valence-electron chi connectivity index (χ4n) is 1.56. The molecule has 0 N–H and O–H groups in total. The van der Waals surface area contributed by atoms with Crippen LogP contribution in [0.5, 0.6) is 0 Å². The first-order valence-electron chi connectivity index (χ1n) is 8.11. The number of hydrogen-bond acceptors (Lipinski definition) is 3. The van der Waals surface area contributed by atoms with Gasteiger partial charge in [-0.3, -0.25) is 0 Å². The van der Waals surface area contributed by atoms with E-state index in [0.29, 0.717) is 5.92 Å². The predicted molar refractivity (Wildman–Crippen MR) is 93.7 cm³/mol. The van der Waals surface area contributed by atoms with Crippen LogP contribution in [0, 0.1) is 5.92 Å². The summed E-state index contributed by atoms with van der Waals surface area (Å²) in [6, 6.07) is 0. The van der Waals surface area contributed by atoms with Gasteiger partial charge in [0.05, 0.1) is 0 Å². The minimum Gasteiger partial charge on any atom is -0.381 e. The Hall–Kier alpha value is 0.620. The van der Waals surface area contributed by atoms with Gasteiger partial charge in [0.25, 0.3) is 0 Å². The molecule has 0 aliphatic rings. The van der Waals surface area contributed by atoms with Crippen LogP contribution in [-0.2, 0) is 9.47 Å². The van der Waals surface area contributed by atoms with Gasteiger partial charge in [0.2, 0.25) is 0 Å². The first-order valence-corrected chi connectivity index (χ1v) is 9.74. The zero-order chi connectivity index (χ0) is 15.1. The van der Waals surface area contributed by atoms with Crippen molar-refractivity contribution in [1.82, 2.24) is 0 Å². The van der Waals surface area contributed by atoms with Gasteiger partial charge in [-0.1, -0.05) is 39.8 Å². The minimum absolute atomic E-state index is 0.0182. The smallest absolute Gasteiger partial charge is 0.115 e. The van der Waals surface area contributed by atoms with E-state index in [0.717, 1.165) is 26.2 Å². The molecule has 0 saturated heterocycles. The van der Waals surface area contributed by atoms with Crippen molar-refractivity contribution < 1.29 is 9.47 Å². The minimum atomic E-state index is -0.0182. The van der Waals surface area contributed by atoms with Crippen molar-refractivity contribution in [2.45, 2.75) is 64.7 Å². The maximum Gasteiger partial charge on any atom is 0.115 e. The summed E-state index contributed by atoms with van der Waals surface area (Å²) in [5.74, 6) is 2.94. The number of hydrogen-bond donors (Lipinski definition) is 0. The fourth-order valence-corrected chi connectivity index (χ4v) is 2.67. The maximum atomic E-state index is 5.58. The highest BCUT2D eigenvalue weighted by Gasteiger charge is 2.07. The van der Waals surface area contributed by atoms with E-state index in [-0.39, 0.29) is 5.44 Å². The Morgan fingerprint density at radius 2 is 1.50 bits per heavy atom. The summed E-state index contributed by atoms with van der Waals surface area (Å²) in [5, 5.41) is 0. The summed E-state index contributed by atoms with van der Waals surface area (Å²) < 4.78 is 11.1. The van der Waals surface area contributed by atoms with Crippen LogP contribution < -0.4 is 0 Å². The van der Waals surface area contributed by atoms with Crippen molar-refractivity contribution in [3.8, 4) is 0 Å². The van der Waals surface area contributed by atoms with E-state index in [4.69, 9.17) is 22.1 Å². The quantitative estimate of drug-likeness (QED) is 0.382. The SMILES string of the molecule is CCCCOCCCCSCCCCOC([S])C(C)C. The molecule has 0 rings (SSSR count). The standard InChI is InChI=1S/C16H33O2S2/c1-4-5-10-17-11-6-8-13-20-14-9-7-12-18-16(19)15(2)3/h15-16H,4-14H2,1-3H3. The monoisotopic (exact) mass is 321 g/mol. The number of ether oxygens (including phenoxy) is 2. The van der Waals surface area contributed by atoms with Crippen molar-refractivity contribution in [1.29, 1.82) is 0 Å². The van der Waals surface area contributed by atoms with Crippen LogP contribution in [0.25, 0.3) is 0 Å². The normalized spacial score (nSPS) is 13.1. The van der Waals surface area contributed by atoms with Crippen LogP contribution in [0.1, 0.15) is 59.3 Å². The zero-order valence-electron chi connectivity index (χ0n) is 13.6. The Bertz CT molecular complexity index is 189. The van der Waals surface area contributed by atoms with Crippen LogP contribution >= 0.6 is 24.4 Å². The van der Waals surface area contributed by atoms with Crippen molar-refractivity contribution in [3.63, 3.8) is 0 Å². The molecule has 0 heterocycles. The van der Waals surface area contributed by atoms with E-state index in [2.05, 4.69) is 20.8 Å². The molecule has 2 nitrogen and oxygen atoms in total. The predicted octanol–water partition coefficient (Wildman–Crippen LogP) is 5.29. The lowest BCUT2D eigenvalue weighted by Crippen LogP contribution is -2.13. The molecule has 0 amide bonds. The van der Waals surface area contributed by atoms with Crippen LogP contribution in [0.3, 0.4) is 0 Å². The van der Waals surface area contributed by atoms with Gasteiger partial charge in [-0.2, -0.15) is 11.8 Å². The second kappa shape index (κ2) is 16.0. The molecule has 0 aliphatic heterocycles. The first-order chi connectivity index (χ1) is 9.68. The molecular formula is C16H33O2S2. The molecule has 1 unspecified atom stereocenters. The summed E-state index contributed by atoms with van der Waals surface area (Å²) in [5.41, 5.74) is -0.0182. The van der Waals surface area contributed by atoms with E-state index in [1.165, 1.54) is 43.6 Å². The van der Waals surface area contributed by atoms with Crippen LogP contribution in [0.4, 0.5) is 0 Å². The van der Waals surface area contributed by atoms with Crippen LogP contribution in [0.15, 0.2) is 0 Å². The lowest BCUT2D eigenvalue weighted by Gasteiger charge is -2.14. The molecule has 1 atom stereocenters. The Morgan fingerprint density at radius 3 is 2.10 bits per heavy atom. The highest BCUT2D eigenvalue weighted by Crippen LogP contribution is 2.12. The zero-order valence-corrected chi connectivity index (χ0v) is 15.2. The third-order valence-corrected chi connectivity index (χ3v) is 4.81. The third-order valence-electron chi connectivity index (χ3n) is 2.98. The maximum absolute atomic E-state index is 5.58. The highest BCUT2D eigenvalue weighted by molar-refractivity contribution is 7.99. The number of thioether (sulfide) groups is 1. The fraction of sp³-hybridized carbons (Fsp3) is 1.00. The van der Waals surface area contributed by atoms with Gasteiger partial charge in [0.1, 0.15) is 5.44 Å². The summed E-state index contributed by atoms with van der Waals surface area (Å²) in [7, 11) is 0. The van der Waals surface area contributed by atoms with E-state index >= 15 is 0 Å². The molecule has 0 spiro atoms. The molecule has 121 valence electrons. The summed E-state index contributed by atoms with van der Waals surface area (Å²) in [6.45, 7) is 9.10. The largest absolute Gasteiger partial charge is 0.381 e. The van der Waals surface area contributed by atoms with Crippen molar-refractivity contribution in [3.05, 3.63) is 0 Å². The molecular weight excluding hydrogens is 288 g/mol. The Balaban J connectivity index is 3.03. The molecule has 0 saturated carbocycles. The lowest BCUT2D eigenvalue weighted by molar-refractivity contribution is 0.0832. The molecule has 0 aromatic carbocycles. The van der Waals surface area contributed by atoms with Crippen molar-refractivity contribution in [2.24, 2.45) is 5.92 Å². The Morgan fingerprint density at radius 1 is 0.900 bits per heavy atom. The highest BCUT2D eigenvalue weighted by atomic mass is 32.2. The molecule has 4 heteroatoms. The average molecular weight is 322 g/mol. The van der Waals surface area contributed by atoms with Crippen molar-refractivity contribution >= 4 is 24.4 Å². The molecule has 0 fully saturated rings. The second-order valence-electron chi connectivity index (χ2n) is 5.48. The van der Waals surface area contributed by atoms with Gasteiger partial charge in [-0.05, 0) is 49.5 Å². The summed E-state index contributed by atoms with van der Waals surface area (Å²) in [4.78, 5) is 0. The lowest BCUT2D eigenvalue weighted by atomic mass is 10.2. The number of rotatable bonds is 15. The van der Waals surface area contributed by atoms with Gasteiger partial charge in [0, 0.05) is 19.8 Å². The number of unbranched alkanes of at least 4 members (excludes halogenated alkanes) is 3. The van der Waals surface area contributed by atoms with Crippen LogP contribution in [-0.4, -0.2) is 36.8 Å². The Kier molecular flexibility index (Phi) is 16.5. The Labute approximate surface area is 136 Å². The molecule has 0 aromatic heterocycles. The van der Waals surface area contributed by atoms with E-state index in [1.807, 2.05) is 11.8 Å². The van der Waals surface area contributed by atoms with Gasteiger partial charge in [-0.15, -0.1) is 0 Å². The molecule has 0 aliphatic carbocycles. The summed E-state index contributed by atoms with van der Waals surface area (Å²) >= 11 is 7.26. The average Bonchev–Trinajstić information content (AvgIpc) is 2.43. The molecule has 20 heavy (non-hydrogen) atoms. The van der Waals surface area contributed by atoms with E-state index < -0.39 is 0 Å². The molecule has 1 radical (unpaired) electrons. The van der Waals surface area contributed by atoms with Crippen LogP contribution in [0.2, 0.25) is 0 Å². The van der Waals surface area contributed by atoms with E-state index in [1.54, 1.807) is 0 Å². The van der Waals surface area contributed by atoms with E-state index in [9.17, 15) is 0 Å². The van der Waals surface area contributed by atoms with Gasteiger partial charge in [-0.25, -0.2) is 0 Å². The topological polar surface area (TPSA) is 18.5 Å². The summed E-state index contributed by atoms with van der Waals surface area (Å²) in [6.07, 6.45) is 7.26. The van der Waals surface area contributed by atoms with Gasteiger partial charge < -0.3 is 9.47 Å². The first kappa shape index (κ1) is 20.6. The van der Waals surface area contributed by atoms with Crippen molar-refractivity contribution in [2.75, 3.05) is 31.3 Å². The molecule has 0 aromatic rings. The third kappa shape index (κ3) is 15.0. The second-order valence-corrected chi connectivity index (χ2v) is 7.17.